The molecule has 0 bridgehead atoms. The van der Waals surface area contributed by atoms with Gasteiger partial charge < -0.3 is 4.57 Å². The van der Waals surface area contributed by atoms with E-state index < -0.39 is 0 Å². The van der Waals surface area contributed by atoms with Crippen molar-refractivity contribution < 1.29 is 0 Å². The summed E-state index contributed by atoms with van der Waals surface area (Å²) in [4.78, 5) is 10.2. The second kappa shape index (κ2) is 11.7. The molecule has 10 aromatic rings. The first-order chi connectivity index (χ1) is 24.8. The Morgan fingerprint density at radius 3 is 1.86 bits per heavy atom. The molecule has 0 atom stereocenters. The number of fused-ring (bicyclic) bond motifs is 6. The molecule has 0 amide bonds. The van der Waals surface area contributed by atoms with Crippen LogP contribution in [0.2, 0.25) is 0 Å². The van der Waals surface area contributed by atoms with Crippen LogP contribution in [0.1, 0.15) is 0 Å². The highest BCUT2D eigenvalue weighted by Crippen LogP contribution is 2.42. The van der Waals surface area contributed by atoms with E-state index in [0.717, 1.165) is 38.2 Å². The minimum absolute atomic E-state index is 0.748. The molecule has 0 aliphatic carbocycles. The Kier molecular flexibility index (Phi) is 6.68. The molecule has 50 heavy (non-hydrogen) atoms. The van der Waals surface area contributed by atoms with Gasteiger partial charge >= 0.3 is 0 Å². The van der Waals surface area contributed by atoms with Crippen LogP contribution in [0.4, 0.5) is 0 Å². The van der Waals surface area contributed by atoms with Crippen LogP contribution in [0.15, 0.2) is 176 Å². The lowest BCUT2D eigenvalue weighted by molar-refractivity contribution is 1.18. The van der Waals surface area contributed by atoms with Crippen LogP contribution in [-0.4, -0.2) is 14.5 Å². The molecule has 0 saturated carbocycles. The van der Waals surface area contributed by atoms with Crippen molar-refractivity contribution in [2.45, 2.75) is 0 Å². The molecule has 0 spiro atoms. The zero-order valence-electron chi connectivity index (χ0n) is 27.0. The van der Waals surface area contributed by atoms with Gasteiger partial charge in [0.25, 0.3) is 0 Å². The summed E-state index contributed by atoms with van der Waals surface area (Å²) in [5.41, 5.74) is 12.5. The van der Waals surface area contributed by atoms with Gasteiger partial charge in [0, 0.05) is 37.7 Å². The lowest BCUT2D eigenvalue weighted by Gasteiger charge is -2.09. The van der Waals surface area contributed by atoms with Crippen molar-refractivity contribution in [2.75, 3.05) is 0 Å². The number of hydrogen-bond acceptors (Lipinski definition) is 3. The molecule has 10 rings (SSSR count). The maximum absolute atomic E-state index is 5.13. The number of rotatable bonds is 5. The first kappa shape index (κ1) is 28.6. The predicted octanol–water partition coefficient (Wildman–Crippen LogP) is 12.6. The highest BCUT2D eigenvalue weighted by atomic mass is 32.1. The van der Waals surface area contributed by atoms with Crippen molar-refractivity contribution >= 4 is 53.4 Å². The monoisotopic (exact) mass is 655 g/mol. The molecular formula is C46H29N3S. The standard InChI is InChI=1S/C46H29N3S/c1-4-13-32(14-5-1)43-45-44(48-46(47-43)33-15-6-2-7-16-33)38-28-27-34(29-41(38)50-45)30-23-25-31(26-24-30)36-20-12-22-40-42(36)37-19-10-11-21-39(37)49(40)35-17-8-3-9-18-35/h1-29H. The first-order valence-corrected chi connectivity index (χ1v) is 17.7. The van der Waals surface area contributed by atoms with E-state index in [1.807, 2.05) is 24.3 Å². The van der Waals surface area contributed by atoms with E-state index in [1.165, 1.54) is 54.4 Å². The Morgan fingerprint density at radius 1 is 0.440 bits per heavy atom. The maximum atomic E-state index is 5.13. The fourth-order valence-electron chi connectivity index (χ4n) is 7.29. The molecule has 0 radical (unpaired) electrons. The van der Waals surface area contributed by atoms with Crippen molar-refractivity contribution in [1.29, 1.82) is 0 Å². The van der Waals surface area contributed by atoms with Gasteiger partial charge in [-0.05, 0) is 52.6 Å². The molecule has 0 fully saturated rings. The summed E-state index contributed by atoms with van der Waals surface area (Å²) in [6, 6.07) is 62.5. The Balaban J connectivity index is 1.08. The minimum atomic E-state index is 0.748. The van der Waals surface area contributed by atoms with E-state index in [1.54, 1.807) is 11.3 Å². The summed E-state index contributed by atoms with van der Waals surface area (Å²) >= 11 is 1.77. The summed E-state index contributed by atoms with van der Waals surface area (Å²) in [6.45, 7) is 0. The molecule has 0 N–H and O–H groups in total. The number of hydrogen-bond donors (Lipinski definition) is 0. The highest BCUT2D eigenvalue weighted by molar-refractivity contribution is 7.26. The van der Waals surface area contributed by atoms with Crippen LogP contribution in [0.25, 0.3) is 92.7 Å². The van der Waals surface area contributed by atoms with Crippen molar-refractivity contribution in [2.24, 2.45) is 0 Å². The zero-order chi connectivity index (χ0) is 33.0. The van der Waals surface area contributed by atoms with Gasteiger partial charge in [0.15, 0.2) is 5.82 Å². The number of thiophene rings is 1. The normalized spacial score (nSPS) is 11.6. The van der Waals surface area contributed by atoms with Crippen molar-refractivity contribution in [3.05, 3.63) is 176 Å². The molecule has 0 aliphatic heterocycles. The van der Waals surface area contributed by atoms with Gasteiger partial charge in [0.2, 0.25) is 0 Å². The van der Waals surface area contributed by atoms with Gasteiger partial charge in [-0.2, -0.15) is 0 Å². The molecular weight excluding hydrogens is 627 g/mol. The molecule has 0 unspecified atom stereocenters. The van der Waals surface area contributed by atoms with E-state index >= 15 is 0 Å². The molecule has 3 aromatic heterocycles. The topological polar surface area (TPSA) is 30.7 Å². The van der Waals surface area contributed by atoms with Gasteiger partial charge in [0.05, 0.1) is 26.9 Å². The lowest BCUT2D eigenvalue weighted by atomic mass is 9.96. The van der Waals surface area contributed by atoms with E-state index in [2.05, 4.69) is 156 Å². The van der Waals surface area contributed by atoms with E-state index in [9.17, 15) is 0 Å². The summed E-state index contributed by atoms with van der Waals surface area (Å²) < 4.78 is 4.69. The van der Waals surface area contributed by atoms with E-state index in [4.69, 9.17) is 9.97 Å². The van der Waals surface area contributed by atoms with Crippen LogP contribution in [-0.2, 0) is 0 Å². The third kappa shape index (κ3) is 4.65. The van der Waals surface area contributed by atoms with Gasteiger partial charge in [0.1, 0.15) is 0 Å². The molecule has 0 saturated heterocycles. The Labute approximate surface area is 293 Å². The molecule has 7 aromatic carbocycles. The van der Waals surface area contributed by atoms with Gasteiger partial charge in [-0.1, -0.05) is 146 Å². The minimum Gasteiger partial charge on any atom is -0.309 e. The number of benzene rings is 7. The zero-order valence-corrected chi connectivity index (χ0v) is 27.8. The molecule has 3 heterocycles. The van der Waals surface area contributed by atoms with E-state index in [-0.39, 0.29) is 0 Å². The summed E-state index contributed by atoms with van der Waals surface area (Å²) in [5.74, 6) is 0.748. The smallest absolute Gasteiger partial charge is 0.160 e. The number of para-hydroxylation sites is 2. The maximum Gasteiger partial charge on any atom is 0.160 e. The van der Waals surface area contributed by atoms with Gasteiger partial charge in [-0.25, -0.2) is 9.97 Å². The van der Waals surface area contributed by atoms with Crippen LogP contribution < -0.4 is 0 Å². The fourth-order valence-corrected chi connectivity index (χ4v) is 8.48. The molecule has 0 aliphatic rings. The summed E-state index contributed by atoms with van der Waals surface area (Å²) in [6.07, 6.45) is 0. The van der Waals surface area contributed by atoms with Gasteiger partial charge in [-0.3, -0.25) is 0 Å². The largest absolute Gasteiger partial charge is 0.309 e. The van der Waals surface area contributed by atoms with Crippen LogP contribution in [0.3, 0.4) is 0 Å². The van der Waals surface area contributed by atoms with Crippen LogP contribution >= 0.6 is 11.3 Å². The van der Waals surface area contributed by atoms with Crippen molar-refractivity contribution in [3.63, 3.8) is 0 Å². The van der Waals surface area contributed by atoms with Crippen LogP contribution in [0.5, 0.6) is 0 Å². The van der Waals surface area contributed by atoms with Crippen LogP contribution in [0, 0.1) is 0 Å². The Bertz CT molecular complexity index is 2840. The van der Waals surface area contributed by atoms with Crippen molar-refractivity contribution in [3.8, 4) is 50.6 Å². The van der Waals surface area contributed by atoms with E-state index in [0.29, 0.717) is 0 Å². The van der Waals surface area contributed by atoms with Gasteiger partial charge in [-0.15, -0.1) is 11.3 Å². The SMILES string of the molecule is c1ccc(-c2nc(-c3ccccc3)c3sc4cc(-c5ccc(-c6cccc7c6c6ccccc6n7-c6ccccc6)cc5)ccc4c3n2)cc1. The third-order valence-electron chi connectivity index (χ3n) is 9.63. The Morgan fingerprint density at radius 2 is 1.08 bits per heavy atom. The summed E-state index contributed by atoms with van der Waals surface area (Å²) in [5, 5.41) is 3.69. The molecule has 234 valence electrons. The number of aromatic nitrogens is 3. The molecule has 3 nitrogen and oxygen atoms in total. The lowest BCUT2D eigenvalue weighted by Crippen LogP contribution is -1.93. The average Bonchev–Trinajstić information content (AvgIpc) is 3.74. The second-order valence-electron chi connectivity index (χ2n) is 12.6. The third-order valence-corrected chi connectivity index (χ3v) is 10.8. The quantitative estimate of drug-likeness (QED) is 0.185. The highest BCUT2D eigenvalue weighted by Gasteiger charge is 2.18. The number of nitrogens with zero attached hydrogens (tertiary/aromatic N) is 3. The predicted molar refractivity (Wildman–Crippen MR) is 211 cm³/mol. The summed E-state index contributed by atoms with van der Waals surface area (Å²) in [7, 11) is 0. The fraction of sp³-hybridized carbons (Fsp3) is 0. The Hall–Kier alpha value is -6.36. The molecule has 4 heteroatoms. The second-order valence-corrected chi connectivity index (χ2v) is 13.6. The average molecular weight is 656 g/mol. The first-order valence-electron chi connectivity index (χ1n) is 16.8. The van der Waals surface area contributed by atoms with Crippen molar-refractivity contribution in [1.82, 2.24) is 14.5 Å².